The molecule has 0 aliphatic carbocycles. The number of hydrogen-bond donors (Lipinski definition) is 2. The topological polar surface area (TPSA) is 67.6 Å². The van der Waals surface area contributed by atoms with Crippen molar-refractivity contribution in [3.63, 3.8) is 0 Å². The van der Waals surface area contributed by atoms with Gasteiger partial charge in [0.1, 0.15) is 5.75 Å². The number of ether oxygens (including phenoxy) is 1. The Hall–Kier alpha value is -1.59. The molecular weight excluding hydrogens is 242 g/mol. The molecule has 1 aromatic rings. The molecule has 1 aromatic carbocycles. The van der Waals surface area contributed by atoms with E-state index in [1.807, 2.05) is 24.3 Å². The van der Waals surface area contributed by atoms with E-state index in [1.165, 1.54) is 0 Å². The summed E-state index contributed by atoms with van der Waals surface area (Å²) in [7, 11) is 1.67. The minimum atomic E-state index is 0.0869. The monoisotopic (exact) mass is 263 g/mol. The first kappa shape index (κ1) is 13.8. The summed E-state index contributed by atoms with van der Waals surface area (Å²) in [6.07, 6.45) is 0.519. The molecule has 0 bridgehead atoms. The number of rotatable bonds is 4. The van der Waals surface area contributed by atoms with Gasteiger partial charge < -0.3 is 15.8 Å². The van der Waals surface area contributed by atoms with E-state index in [4.69, 9.17) is 10.5 Å². The number of nitrogens with two attached hydrogens (primary N) is 1. The highest BCUT2D eigenvalue weighted by Gasteiger charge is 2.24. The lowest BCUT2D eigenvalue weighted by atomic mass is 10.0. The van der Waals surface area contributed by atoms with Crippen LogP contribution in [0.15, 0.2) is 24.3 Å². The number of hydrogen-bond acceptors (Lipinski definition) is 4. The molecule has 0 spiro atoms. The van der Waals surface area contributed by atoms with E-state index in [1.54, 1.807) is 7.11 Å². The molecular formula is C14H21N3O2. The number of nitrogens with one attached hydrogen (secondary N) is 1. The molecule has 5 heteroatoms. The molecule has 5 nitrogen and oxygen atoms in total. The largest absolute Gasteiger partial charge is 0.496 e. The Bertz CT molecular complexity index is 436. The summed E-state index contributed by atoms with van der Waals surface area (Å²) in [5.74, 6) is 0.958. The summed E-state index contributed by atoms with van der Waals surface area (Å²) >= 11 is 0. The van der Waals surface area contributed by atoms with Crippen LogP contribution in [0, 0.1) is 0 Å². The second kappa shape index (κ2) is 6.54. The van der Waals surface area contributed by atoms with Crippen molar-refractivity contribution in [3.8, 4) is 5.75 Å². The lowest BCUT2D eigenvalue weighted by Gasteiger charge is -2.30. The number of methoxy groups -OCH3 is 1. The van der Waals surface area contributed by atoms with Gasteiger partial charge in [-0.15, -0.1) is 0 Å². The first-order valence-corrected chi connectivity index (χ1v) is 6.60. The molecule has 1 fully saturated rings. The number of carbonyl (C=O) groups is 1. The molecule has 1 amide bonds. The minimum Gasteiger partial charge on any atom is -0.496 e. The maximum Gasteiger partial charge on any atom is 0.221 e. The summed E-state index contributed by atoms with van der Waals surface area (Å²) in [5, 5.41) is 2.88. The van der Waals surface area contributed by atoms with Crippen LogP contribution >= 0.6 is 0 Å². The zero-order valence-corrected chi connectivity index (χ0v) is 11.3. The Labute approximate surface area is 113 Å². The van der Waals surface area contributed by atoms with Crippen molar-refractivity contribution in [1.29, 1.82) is 0 Å². The van der Waals surface area contributed by atoms with E-state index in [0.717, 1.165) is 24.4 Å². The van der Waals surface area contributed by atoms with Crippen LogP contribution in [0.1, 0.15) is 18.0 Å². The van der Waals surface area contributed by atoms with Crippen molar-refractivity contribution in [2.75, 3.05) is 33.3 Å². The van der Waals surface area contributed by atoms with Crippen LogP contribution in [-0.4, -0.2) is 44.1 Å². The molecule has 0 aromatic heterocycles. The Balaban J connectivity index is 2.21. The number of nitrogens with zero attached hydrogens (tertiary/aromatic N) is 1. The highest BCUT2D eigenvalue weighted by Crippen LogP contribution is 2.28. The summed E-state index contributed by atoms with van der Waals surface area (Å²) in [6, 6.07) is 8.00. The van der Waals surface area contributed by atoms with E-state index in [2.05, 4.69) is 10.2 Å². The van der Waals surface area contributed by atoms with Crippen LogP contribution in [0.5, 0.6) is 5.75 Å². The number of carbonyl (C=O) groups excluding carboxylic acids is 1. The van der Waals surface area contributed by atoms with Crippen molar-refractivity contribution in [3.05, 3.63) is 29.8 Å². The summed E-state index contributed by atoms with van der Waals surface area (Å²) in [4.78, 5) is 13.7. The highest BCUT2D eigenvalue weighted by atomic mass is 16.5. The Morgan fingerprint density at radius 3 is 2.95 bits per heavy atom. The third-order valence-electron chi connectivity index (χ3n) is 3.51. The first-order valence-electron chi connectivity index (χ1n) is 6.60. The van der Waals surface area contributed by atoms with Gasteiger partial charge in [-0.1, -0.05) is 18.2 Å². The third kappa shape index (κ3) is 3.24. The van der Waals surface area contributed by atoms with Crippen molar-refractivity contribution >= 4 is 5.91 Å². The zero-order valence-electron chi connectivity index (χ0n) is 11.3. The SMILES string of the molecule is COc1ccccc1C(CN)N1CCNC(=O)CC1. The van der Waals surface area contributed by atoms with Gasteiger partial charge in [0.2, 0.25) is 5.91 Å². The second-order valence-electron chi connectivity index (χ2n) is 4.63. The Kier molecular flexibility index (Phi) is 4.76. The van der Waals surface area contributed by atoms with E-state index in [9.17, 15) is 4.79 Å². The first-order chi connectivity index (χ1) is 9.26. The molecule has 3 N–H and O–H groups in total. The molecule has 19 heavy (non-hydrogen) atoms. The molecule has 1 atom stereocenters. The predicted octanol–water partition coefficient (Wildman–Crippen LogP) is 0.517. The fourth-order valence-corrected chi connectivity index (χ4v) is 2.51. The van der Waals surface area contributed by atoms with Gasteiger partial charge in [-0.3, -0.25) is 9.69 Å². The molecule has 1 heterocycles. The molecule has 0 radical (unpaired) electrons. The van der Waals surface area contributed by atoms with Crippen molar-refractivity contribution in [2.45, 2.75) is 12.5 Å². The number of benzene rings is 1. The van der Waals surface area contributed by atoms with Crippen molar-refractivity contribution < 1.29 is 9.53 Å². The Morgan fingerprint density at radius 1 is 1.42 bits per heavy atom. The maximum atomic E-state index is 11.4. The lowest BCUT2D eigenvalue weighted by Crippen LogP contribution is -2.36. The molecule has 1 saturated heterocycles. The van der Waals surface area contributed by atoms with E-state index >= 15 is 0 Å². The standard InChI is InChI=1S/C14H21N3O2/c1-19-13-5-3-2-4-11(13)12(10-15)17-8-6-14(18)16-7-9-17/h2-5,12H,6-10,15H2,1H3,(H,16,18). The average molecular weight is 263 g/mol. The molecule has 1 unspecified atom stereocenters. The van der Waals surface area contributed by atoms with Crippen molar-refractivity contribution in [2.24, 2.45) is 5.73 Å². The van der Waals surface area contributed by atoms with Gasteiger partial charge in [-0.2, -0.15) is 0 Å². The smallest absolute Gasteiger partial charge is 0.221 e. The Morgan fingerprint density at radius 2 is 2.21 bits per heavy atom. The average Bonchev–Trinajstić information content (AvgIpc) is 2.66. The van der Waals surface area contributed by atoms with Crippen LogP contribution < -0.4 is 15.8 Å². The molecule has 104 valence electrons. The van der Waals surface area contributed by atoms with Gasteiger partial charge in [0.05, 0.1) is 13.2 Å². The normalized spacial score (nSPS) is 18.5. The van der Waals surface area contributed by atoms with Crippen LogP contribution in [0.2, 0.25) is 0 Å². The van der Waals surface area contributed by atoms with Gasteiger partial charge in [0.15, 0.2) is 0 Å². The van der Waals surface area contributed by atoms with E-state index < -0.39 is 0 Å². The molecule has 1 aliphatic rings. The molecule has 0 saturated carbocycles. The summed E-state index contributed by atoms with van der Waals surface area (Å²) in [6.45, 7) is 2.72. The number of amides is 1. The van der Waals surface area contributed by atoms with Gasteiger partial charge in [-0.25, -0.2) is 0 Å². The summed E-state index contributed by atoms with van der Waals surface area (Å²) < 4.78 is 5.41. The molecule has 2 rings (SSSR count). The predicted molar refractivity (Wildman–Crippen MR) is 74.0 cm³/mol. The highest BCUT2D eigenvalue weighted by molar-refractivity contribution is 5.76. The van der Waals surface area contributed by atoms with Gasteiger partial charge >= 0.3 is 0 Å². The molecule has 1 aliphatic heterocycles. The van der Waals surface area contributed by atoms with Gasteiger partial charge in [-0.05, 0) is 6.07 Å². The fraction of sp³-hybridized carbons (Fsp3) is 0.500. The third-order valence-corrected chi connectivity index (χ3v) is 3.51. The second-order valence-corrected chi connectivity index (χ2v) is 4.63. The summed E-state index contributed by atoms with van der Waals surface area (Å²) in [5.41, 5.74) is 7.03. The van der Waals surface area contributed by atoms with Gasteiger partial charge in [0, 0.05) is 38.2 Å². The fourth-order valence-electron chi connectivity index (χ4n) is 2.51. The van der Waals surface area contributed by atoms with Crippen LogP contribution in [0.25, 0.3) is 0 Å². The van der Waals surface area contributed by atoms with E-state index in [-0.39, 0.29) is 11.9 Å². The maximum absolute atomic E-state index is 11.4. The quantitative estimate of drug-likeness (QED) is 0.831. The minimum absolute atomic E-state index is 0.0869. The van der Waals surface area contributed by atoms with Crippen LogP contribution in [0.4, 0.5) is 0 Å². The van der Waals surface area contributed by atoms with Crippen molar-refractivity contribution in [1.82, 2.24) is 10.2 Å². The van der Waals surface area contributed by atoms with Crippen LogP contribution in [0.3, 0.4) is 0 Å². The van der Waals surface area contributed by atoms with E-state index in [0.29, 0.717) is 19.5 Å². The number of para-hydroxylation sites is 1. The lowest BCUT2D eigenvalue weighted by molar-refractivity contribution is -0.120. The zero-order chi connectivity index (χ0) is 13.7. The van der Waals surface area contributed by atoms with Gasteiger partial charge in [0.25, 0.3) is 0 Å². The van der Waals surface area contributed by atoms with Crippen LogP contribution in [-0.2, 0) is 4.79 Å².